The smallest absolute Gasteiger partial charge is 0.245 e. The number of amides is 1. The van der Waals surface area contributed by atoms with E-state index in [9.17, 15) is 4.79 Å². The molecule has 25 heavy (non-hydrogen) atoms. The van der Waals surface area contributed by atoms with Crippen LogP contribution in [-0.2, 0) is 11.2 Å². The number of methoxy groups -OCH3 is 1. The maximum atomic E-state index is 12.7. The molecule has 0 N–H and O–H groups in total. The summed E-state index contributed by atoms with van der Waals surface area (Å²) < 4.78 is 10.7. The molecule has 1 aromatic carbocycles. The van der Waals surface area contributed by atoms with Crippen molar-refractivity contribution >= 4 is 5.91 Å². The SMILES string of the molecule is COc1cc(CC(=O)N2CCN(C)[C@@H](c3nc(C)no3)C2)ccc1C. The molecule has 1 atom stereocenters. The van der Waals surface area contributed by atoms with E-state index in [0.29, 0.717) is 31.2 Å². The second-order valence-electron chi connectivity index (χ2n) is 6.50. The third-order valence-corrected chi connectivity index (χ3v) is 4.66. The molecular formula is C18H24N4O3. The average molecular weight is 344 g/mol. The zero-order valence-corrected chi connectivity index (χ0v) is 15.2. The van der Waals surface area contributed by atoms with Crippen LogP contribution in [0.15, 0.2) is 22.7 Å². The van der Waals surface area contributed by atoms with Crippen LogP contribution in [0.4, 0.5) is 0 Å². The summed E-state index contributed by atoms with van der Waals surface area (Å²) in [5.74, 6) is 2.08. The van der Waals surface area contributed by atoms with Crippen LogP contribution in [0, 0.1) is 13.8 Å². The van der Waals surface area contributed by atoms with Crippen LogP contribution in [-0.4, -0.2) is 59.6 Å². The Morgan fingerprint density at radius 2 is 2.16 bits per heavy atom. The molecule has 1 aromatic heterocycles. The van der Waals surface area contributed by atoms with Crippen LogP contribution in [0.25, 0.3) is 0 Å². The molecule has 0 radical (unpaired) electrons. The Morgan fingerprint density at radius 3 is 2.84 bits per heavy atom. The van der Waals surface area contributed by atoms with Crippen molar-refractivity contribution in [3.05, 3.63) is 41.0 Å². The van der Waals surface area contributed by atoms with E-state index in [1.807, 2.05) is 37.1 Å². The Morgan fingerprint density at radius 1 is 1.36 bits per heavy atom. The highest BCUT2D eigenvalue weighted by atomic mass is 16.5. The molecule has 7 nitrogen and oxygen atoms in total. The average Bonchev–Trinajstić information content (AvgIpc) is 3.03. The number of aryl methyl sites for hydroxylation is 2. The van der Waals surface area contributed by atoms with Crippen molar-refractivity contribution in [2.75, 3.05) is 33.8 Å². The fourth-order valence-electron chi connectivity index (χ4n) is 3.08. The van der Waals surface area contributed by atoms with Crippen LogP contribution in [0.5, 0.6) is 5.75 Å². The first kappa shape index (κ1) is 17.4. The number of hydrogen-bond acceptors (Lipinski definition) is 6. The van der Waals surface area contributed by atoms with Crippen molar-refractivity contribution in [1.82, 2.24) is 19.9 Å². The first-order valence-corrected chi connectivity index (χ1v) is 8.39. The van der Waals surface area contributed by atoms with Crippen molar-refractivity contribution < 1.29 is 14.1 Å². The maximum Gasteiger partial charge on any atom is 0.245 e. The van der Waals surface area contributed by atoms with Gasteiger partial charge in [-0.2, -0.15) is 4.98 Å². The van der Waals surface area contributed by atoms with Gasteiger partial charge in [0.15, 0.2) is 5.82 Å². The van der Waals surface area contributed by atoms with E-state index in [2.05, 4.69) is 15.0 Å². The van der Waals surface area contributed by atoms with Gasteiger partial charge in [-0.3, -0.25) is 9.69 Å². The summed E-state index contributed by atoms with van der Waals surface area (Å²) in [4.78, 5) is 21.1. The lowest BCUT2D eigenvalue weighted by Gasteiger charge is -2.37. The van der Waals surface area contributed by atoms with Crippen LogP contribution < -0.4 is 4.74 Å². The van der Waals surface area contributed by atoms with Gasteiger partial charge < -0.3 is 14.2 Å². The third-order valence-electron chi connectivity index (χ3n) is 4.66. The molecule has 1 fully saturated rings. The lowest BCUT2D eigenvalue weighted by Crippen LogP contribution is -2.49. The maximum absolute atomic E-state index is 12.7. The molecule has 0 saturated carbocycles. The monoisotopic (exact) mass is 344 g/mol. The molecule has 2 aromatic rings. The molecule has 0 unspecified atom stereocenters. The summed E-state index contributed by atoms with van der Waals surface area (Å²) in [5, 5.41) is 3.86. The van der Waals surface area contributed by atoms with E-state index in [0.717, 1.165) is 23.4 Å². The summed E-state index contributed by atoms with van der Waals surface area (Å²) in [6, 6.07) is 5.83. The van der Waals surface area contributed by atoms with Gasteiger partial charge in [0, 0.05) is 19.6 Å². The van der Waals surface area contributed by atoms with E-state index < -0.39 is 0 Å². The number of carbonyl (C=O) groups excluding carboxylic acids is 1. The molecule has 0 aliphatic carbocycles. The first-order valence-electron chi connectivity index (χ1n) is 8.39. The quantitative estimate of drug-likeness (QED) is 0.841. The molecular weight excluding hydrogens is 320 g/mol. The minimum atomic E-state index is -0.0635. The van der Waals surface area contributed by atoms with Gasteiger partial charge in [0.1, 0.15) is 11.8 Å². The van der Waals surface area contributed by atoms with E-state index in [1.165, 1.54) is 0 Å². The normalized spacial score (nSPS) is 18.4. The molecule has 0 spiro atoms. The minimum Gasteiger partial charge on any atom is -0.496 e. The summed E-state index contributed by atoms with van der Waals surface area (Å²) >= 11 is 0. The molecule has 7 heteroatoms. The molecule has 0 bridgehead atoms. The van der Waals surface area contributed by atoms with Crippen molar-refractivity contribution in [2.45, 2.75) is 26.3 Å². The van der Waals surface area contributed by atoms with E-state index in [1.54, 1.807) is 14.0 Å². The number of aromatic nitrogens is 2. The molecule has 2 heterocycles. The number of carbonyl (C=O) groups is 1. The first-order chi connectivity index (χ1) is 12.0. The zero-order valence-electron chi connectivity index (χ0n) is 15.2. The van der Waals surface area contributed by atoms with Crippen molar-refractivity contribution in [3.8, 4) is 5.75 Å². The summed E-state index contributed by atoms with van der Waals surface area (Å²) in [5.41, 5.74) is 2.02. The number of piperazine rings is 1. The molecule has 1 aliphatic rings. The zero-order chi connectivity index (χ0) is 18.0. The highest BCUT2D eigenvalue weighted by Crippen LogP contribution is 2.24. The standard InChI is InChI=1S/C18H24N4O3/c1-12-5-6-14(9-16(12)24-4)10-17(23)22-8-7-21(3)15(11-22)18-19-13(2)20-25-18/h5-6,9,15H,7-8,10-11H2,1-4H3/t15-/m1/s1. The molecule has 3 rings (SSSR count). The van der Waals surface area contributed by atoms with Crippen molar-refractivity contribution in [1.29, 1.82) is 0 Å². The van der Waals surface area contributed by atoms with E-state index >= 15 is 0 Å². The number of ether oxygens (including phenoxy) is 1. The number of rotatable bonds is 4. The number of nitrogens with zero attached hydrogens (tertiary/aromatic N) is 4. The minimum absolute atomic E-state index is 0.0635. The second kappa shape index (κ2) is 7.23. The number of hydrogen-bond donors (Lipinski definition) is 0. The Bertz CT molecular complexity index is 759. The van der Waals surface area contributed by atoms with Crippen LogP contribution in [0.2, 0.25) is 0 Å². The van der Waals surface area contributed by atoms with Crippen LogP contribution in [0.1, 0.15) is 28.9 Å². The third kappa shape index (κ3) is 3.82. The Hall–Kier alpha value is -2.41. The highest BCUT2D eigenvalue weighted by Gasteiger charge is 2.31. The van der Waals surface area contributed by atoms with Gasteiger partial charge in [-0.15, -0.1) is 0 Å². The number of benzene rings is 1. The lowest BCUT2D eigenvalue weighted by molar-refractivity contribution is -0.133. The van der Waals surface area contributed by atoms with Gasteiger partial charge >= 0.3 is 0 Å². The molecule has 1 amide bonds. The second-order valence-corrected chi connectivity index (χ2v) is 6.50. The lowest BCUT2D eigenvalue weighted by atomic mass is 10.1. The largest absolute Gasteiger partial charge is 0.496 e. The summed E-state index contributed by atoms with van der Waals surface area (Å²) in [6.45, 7) is 5.81. The van der Waals surface area contributed by atoms with Crippen molar-refractivity contribution in [2.24, 2.45) is 0 Å². The van der Waals surface area contributed by atoms with Gasteiger partial charge in [-0.05, 0) is 38.1 Å². The summed E-state index contributed by atoms with van der Waals surface area (Å²) in [6.07, 6.45) is 0.357. The van der Waals surface area contributed by atoms with Gasteiger partial charge in [-0.1, -0.05) is 17.3 Å². The van der Waals surface area contributed by atoms with Gasteiger partial charge in [0.25, 0.3) is 0 Å². The van der Waals surface area contributed by atoms with Crippen molar-refractivity contribution in [3.63, 3.8) is 0 Å². The van der Waals surface area contributed by atoms with Crippen LogP contribution in [0.3, 0.4) is 0 Å². The topological polar surface area (TPSA) is 71.7 Å². The van der Waals surface area contributed by atoms with E-state index in [-0.39, 0.29) is 11.9 Å². The predicted molar refractivity (Wildman–Crippen MR) is 92.4 cm³/mol. The Kier molecular flexibility index (Phi) is 5.03. The number of likely N-dealkylation sites (N-methyl/N-ethyl adjacent to an activating group) is 1. The highest BCUT2D eigenvalue weighted by molar-refractivity contribution is 5.79. The van der Waals surface area contributed by atoms with Crippen LogP contribution >= 0.6 is 0 Å². The molecule has 1 saturated heterocycles. The fourth-order valence-corrected chi connectivity index (χ4v) is 3.08. The van der Waals surface area contributed by atoms with Gasteiger partial charge in [-0.25, -0.2) is 0 Å². The fraction of sp³-hybridized carbons (Fsp3) is 0.500. The molecule has 134 valence electrons. The Balaban J connectivity index is 1.70. The van der Waals surface area contributed by atoms with E-state index in [4.69, 9.17) is 9.26 Å². The molecule has 1 aliphatic heterocycles. The Labute approximate surface area is 147 Å². The summed E-state index contributed by atoms with van der Waals surface area (Å²) in [7, 11) is 3.65. The van der Waals surface area contributed by atoms with Gasteiger partial charge in [0.2, 0.25) is 11.8 Å². The van der Waals surface area contributed by atoms with Gasteiger partial charge in [0.05, 0.1) is 13.5 Å². The predicted octanol–water partition coefficient (Wildman–Crippen LogP) is 1.75.